The van der Waals surface area contributed by atoms with E-state index in [1.165, 1.54) is 0 Å². The summed E-state index contributed by atoms with van der Waals surface area (Å²) in [7, 11) is 1.63. The summed E-state index contributed by atoms with van der Waals surface area (Å²) in [5.41, 5.74) is 0. The third-order valence-electron chi connectivity index (χ3n) is 3.11. The van der Waals surface area contributed by atoms with Crippen LogP contribution in [0.5, 0.6) is 0 Å². The Morgan fingerprint density at radius 3 is 2.76 bits per heavy atom. The van der Waals surface area contributed by atoms with Crippen LogP contribution in [-0.2, 0) is 14.3 Å². The van der Waals surface area contributed by atoms with Gasteiger partial charge in [0.05, 0.1) is 18.7 Å². The number of hydrogen-bond acceptors (Lipinski definition) is 4. The highest BCUT2D eigenvalue weighted by atomic mass is 16.5. The van der Waals surface area contributed by atoms with Gasteiger partial charge in [0.25, 0.3) is 0 Å². The van der Waals surface area contributed by atoms with E-state index < -0.39 is 0 Å². The van der Waals surface area contributed by atoms with Gasteiger partial charge in [0.1, 0.15) is 0 Å². The lowest BCUT2D eigenvalue weighted by Crippen LogP contribution is -2.45. The van der Waals surface area contributed by atoms with Crippen LogP contribution in [0, 0.1) is 0 Å². The highest BCUT2D eigenvalue weighted by molar-refractivity contribution is 5.87. The third-order valence-corrected chi connectivity index (χ3v) is 3.11. The number of hydrogen-bond donors (Lipinski definition) is 3. The quantitative estimate of drug-likeness (QED) is 0.562. The lowest BCUT2D eigenvalue weighted by molar-refractivity contribution is -0.127. The minimum absolute atomic E-state index is 0.0607. The second-order valence-corrected chi connectivity index (χ2v) is 4.61. The lowest BCUT2D eigenvalue weighted by Gasteiger charge is -2.11. The Balaban J connectivity index is 1.64. The van der Waals surface area contributed by atoms with Gasteiger partial charge in [-0.15, -0.1) is 0 Å². The van der Waals surface area contributed by atoms with Gasteiger partial charge in [-0.2, -0.15) is 0 Å². The molecule has 17 heavy (non-hydrogen) atoms. The second kappa shape index (κ2) is 5.46. The molecule has 1 aliphatic heterocycles. The molecule has 3 N–H and O–H groups in total. The maximum atomic E-state index is 11.7. The predicted molar refractivity (Wildman–Crippen MR) is 61.4 cm³/mol. The average molecular weight is 241 g/mol. The molecule has 2 aliphatic rings. The molecule has 2 atom stereocenters. The summed E-state index contributed by atoms with van der Waals surface area (Å²) in [6, 6.07) is 0.0931. The third kappa shape index (κ3) is 3.67. The Hall–Kier alpha value is -1.14. The Kier molecular flexibility index (Phi) is 3.96. The molecule has 1 saturated heterocycles. The maximum Gasteiger partial charge on any atom is 0.239 e. The Bertz CT molecular complexity index is 304. The zero-order chi connectivity index (χ0) is 12.3. The van der Waals surface area contributed by atoms with Gasteiger partial charge in [-0.25, -0.2) is 0 Å². The van der Waals surface area contributed by atoms with Gasteiger partial charge in [-0.1, -0.05) is 0 Å². The first-order valence-corrected chi connectivity index (χ1v) is 6.02. The van der Waals surface area contributed by atoms with Gasteiger partial charge in [0.2, 0.25) is 11.8 Å². The molecule has 0 bridgehead atoms. The average Bonchev–Trinajstić information content (AvgIpc) is 2.99. The molecule has 0 aromatic rings. The molecule has 0 radical (unpaired) electrons. The molecular formula is C11H19N3O3. The van der Waals surface area contributed by atoms with Gasteiger partial charge in [-0.3, -0.25) is 9.59 Å². The SMILES string of the molecule is COC1CNC(C(=O)NCC(=O)NC2CC2)C1. The van der Waals surface area contributed by atoms with Crippen molar-refractivity contribution in [2.75, 3.05) is 20.2 Å². The minimum atomic E-state index is -0.242. The van der Waals surface area contributed by atoms with E-state index in [2.05, 4.69) is 16.0 Å². The summed E-state index contributed by atoms with van der Waals surface area (Å²) in [6.45, 7) is 0.744. The van der Waals surface area contributed by atoms with Crippen molar-refractivity contribution in [1.29, 1.82) is 0 Å². The summed E-state index contributed by atoms with van der Waals surface area (Å²) in [4.78, 5) is 23.1. The molecule has 6 nitrogen and oxygen atoms in total. The Morgan fingerprint density at radius 2 is 2.18 bits per heavy atom. The van der Waals surface area contributed by atoms with Crippen LogP contribution in [0.3, 0.4) is 0 Å². The van der Waals surface area contributed by atoms with Crippen molar-refractivity contribution in [1.82, 2.24) is 16.0 Å². The first kappa shape index (κ1) is 12.3. The molecule has 2 rings (SSSR count). The van der Waals surface area contributed by atoms with E-state index in [1.807, 2.05) is 0 Å². The van der Waals surface area contributed by atoms with E-state index in [0.717, 1.165) is 12.8 Å². The van der Waals surface area contributed by atoms with Crippen molar-refractivity contribution in [3.63, 3.8) is 0 Å². The van der Waals surface area contributed by atoms with Crippen LogP contribution in [-0.4, -0.2) is 50.2 Å². The first-order valence-electron chi connectivity index (χ1n) is 6.02. The number of carbonyl (C=O) groups excluding carboxylic acids is 2. The van der Waals surface area contributed by atoms with Crippen LogP contribution in [0.2, 0.25) is 0 Å². The number of nitrogens with one attached hydrogen (secondary N) is 3. The van der Waals surface area contributed by atoms with Crippen LogP contribution in [0.1, 0.15) is 19.3 Å². The molecule has 0 aromatic heterocycles. The van der Waals surface area contributed by atoms with Gasteiger partial charge in [0, 0.05) is 19.7 Å². The predicted octanol–water partition coefficient (Wildman–Crippen LogP) is -1.24. The summed E-state index contributed by atoms with van der Waals surface area (Å²) in [5.74, 6) is -0.238. The smallest absolute Gasteiger partial charge is 0.239 e. The second-order valence-electron chi connectivity index (χ2n) is 4.61. The van der Waals surface area contributed by atoms with Gasteiger partial charge < -0.3 is 20.7 Å². The molecule has 6 heteroatoms. The van der Waals surface area contributed by atoms with E-state index >= 15 is 0 Å². The van der Waals surface area contributed by atoms with E-state index in [4.69, 9.17) is 4.74 Å². The highest BCUT2D eigenvalue weighted by Gasteiger charge is 2.29. The van der Waals surface area contributed by atoms with E-state index in [1.54, 1.807) is 7.11 Å². The normalized spacial score (nSPS) is 27.8. The standard InChI is InChI=1S/C11H19N3O3/c1-17-8-4-9(12-5-8)11(16)13-6-10(15)14-7-2-3-7/h7-9,12H,2-6H2,1H3,(H,13,16)(H,14,15). The molecule has 1 heterocycles. The van der Waals surface area contributed by atoms with Crippen molar-refractivity contribution < 1.29 is 14.3 Å². The molecule has 1 aliphatic carbocycles. The monoisotopic (exact) mass is 241 g/mol. The number of amides is 2. The molecule has 2 amide bonds. The van der Waals surface area contributed by atoms with Crippen LogP contribution in [0.15, 0.2) is 0 Å². The van der Waals surface area contributed by atoms with Crippen LogP contribution < -0.4 is 16.0 Å². The van der Waals surface area contributed by atoms with Gasteiger partial charge in [0.15, 0.2) is 0 Å². The summed E-state index contributed by atoms with van der Waals surface area (Å²) < 4.78 is 5.16. The maximum absolute atomic E-state index is 11.7. The minimum Gasteiger partial charge on any atom is -0.380 e. The van der Waals surface area contributed by atoms with Gasteiger partial charge >= 0.3 is 0 Å². The lowest BCUT2D eigenvalue weighted by atomic mass is 10.2. The number of rotatable bonds is 5. The van der Waals surface area contributed by atoms with Crippen molar-refractivity contribution in [2.24, 2.45) is 0 Å². The van der Waals surface area contributed by atoms with Crippen LogP contribution in [0.25, 0.3) is 0 Å². The molecular weight excluding hydrogens is 222 g/mol. The molecule has 2 unspecified atom stereocenters. The van der Waals surface area contributed by atoms with Crippen LogP contribution >= 0.6 is 0 Å². The fourth-order valence-corrected chi connectivity index (χ4v) is 1.88. The Morgan fingerprint density at radius 1 is 1.41 bits per heavy atom. The molecule has 0 aromatic carbocycles. The Labute approximate surface area is 100 Å². The van der Waals surface area contributed by atoms with Crippen molar-refractivity contribution in [3.8, 4) is 0 Å². The number of ether oxygens (including phenoxy) is 1. The number of carbonyl (C=O) groups is 2. The van der Waals surface area contributed by atoms with Crippen molar-refractivity contribution in [2.45, 2.75) is 37.5 Å². The summed E-state index contributed by atoms with van der Waals surface area (Å²) >= 11 is 0. The fraction of sp³-hybridized carbons (Fsp3) is 0.818. The van der Waals surface area contributed by atoms with E-state index in [9.17, 15) is 9.59 Å². The zero-order valence-corrected chi connectivity index (χ0v) is 9.99. The van der Waals surface area contributed by atoms with E-state index in [-0.39, 0.29) is 30.5 Å². The molecule has 2 fully saturated rings. The zero-order valence-electron chi connectivity index (χ0n) is 9.99. The highest BCUT2D eigenvalue weighted by Crippen LogP contribution is 2.18. The topological polar surface area (TPSA) is 79.5 Å². The van der Waals surface area contributed by atoms with Crippen LogP contribution in [0.4, 0.5) is 0 Å². The number of methoxy groups -OCH3 is 1. The molecule has 96 valence electrons. The summed E-state index contributed by atoms with van der Waals surface area (Å²) in [6.07, 6.45) is 2.86. The first-order chi connectivity index (χ1) is 8.19. The summed E-state index contributed by atoms with van der Waals surface area (Å²) in [5, 5.41) is 8.52. The largest absolute Gasteiger partial charge is 0.380 e. The molecule has 1 saturated carbocycles. The van der Waals surface area contributed by atoms with Gasteiger partial charge in [-0.05, 0) is 19.3 Å². The fourth-order valence-electron chi connectivity index (χ4n) is 1.88. The van der Waals surface area contributed by atoms with Crippen molar-refractivity contribution >= 4 is 11.8 Å². The van der Waals surface area contributed by atoms with Crippen molar-refractivity contribution in [3.05, 3.63) is 0 Å². The molecule has 0 spiro atoms. The van der Waals surface area contributed by atoms with E-state index in [0.29, 0.717) is 19.0 Å².